The van der Waals surface area contributed by atoms with Crippen LogP contribution < -0.4 is 20.9 Å². The maximum atomic E-state index is 13.7. The number of aliphatic hydroxyl groups is 1. The summed E-state index contributed by atoms with van der Waals surface area (Å²) in [6.45, 7) is 3.77. The van der Waals surface area contributed by atoms with Gasteiger partial charge in [0, 0.05) is 18.3 Å². The number of rotatable bonds is 10. The molecule has 0 aliphatic carbocycles. The van der Waals surface area contributed by atoms with Crippen LogP contribution in [0.5, 0.6) is 5.75 Å². The number of halogens is 3. The minimum atomic E-state index is -4.47. The summed E-state index contributed by atoms with van der Waals surface area (Å²) in [5.74, 6) is -1.62. The smallest absolute Gasteiger partial charge is 0.459 e. The van der Waals surface area contributed by atoms with E-state index in [1.54, 1.807) is 6.92 Å². The minimum Gasteiger partial charge on any atom is -0.465 e. The number of nitrogens with zero attached hydrogens (tertiary/aromatic N) is 1. The number of H-pyrrole nitrogens is 1. The molecule has 2 aromatic rings. The lowest BCUT2D eigenvalue weighted by Crippen LogP contribution is -2.47. The lowest BCUT2D eigenvalue weighted by molar-refractivity contribution is -0.149. The van der Waals surface area contributed by atoms with E-state index < -0.39 is 65.1 Å². The second-order valence-electron chi connectivity index (χ2n) is 8.46. The van der Waals surface area contributed by atoms with Gasteiger partial charge in [-0.25, -0.2) is 13.8 Å². The van der Waals surface area contributed by atoms with Gasteiger partial charge in [0.2, 0.25) is 0 Å². The lowest BCUT2D eigenvalue weighted by atomic mass is 10.1. The average molecular weight is 629 g/mol. The second-order valence-corrected chi connectivity index (χ2v) is 12.5. The topological polar surface area (TPSA) is 158 Å². The van der Waals surface area contributed by atoms with E-state index in [1.165, 1.54) is 26.0 Å². The largest absolute Gasteiger partial charge is 0.465 e. The predicted molar refractivity (Wildman–Crippen MR) is 133 cm³/mol. The molecule has 37 heavy (non-hydrogen) atoms. The Kier molecular flexibility index (Phi) is 9.05. The first-order chi connectivity index (χ1) is 17.2. The van der Waals surface area contributed by atoms with Gasteiger partial charge in [-0.3, -0.25) is 23.7 Å². The Morgan fingerprint density at radius 2 is 2.11 bits per heavy atom. The Labute approximate surface area is 223 Å². The van der Waals surface area contributed by atoms with Crippen molar-refractivity contribution in [1.29, 1.82) is 0 Å². The summed E-state index contributed by atoms with van der Waals surface area (Å²) in [4.78, 5) is 38.1. The fraction of sp³-hybridized carbons (Fsp3) is 0.476. The molecular weight excluding hydrogens is 604 g/mol. The molecule has 1 aromatic heterocycles. The maximum absolute atomic E-state index is 13.7. The van der Waals surface area contributed by atoms with E-state index in [0.29, 0.717) is 0 Å². The van der Waals surface area contributed by atoms with Gasteiger partial charge in [-0.2, -0.15) is 5.09 Å². The number of alkyl halides is 2. The molecule has 0 spiro atoms. The van der Waals surface area contributed by atoms with E-state index in [1.807, 2.05) is 4.98 Å². The average Bonchev–Trinajstić information content (AvgIpc) is 3.01. The molecule has 5 atom stereocenters. The number of aliphatic hydroxyl groups excluding tert-OH is 1. The van der Waals surface area contributed by atoms with Crippen LogP contribution in [0.25, 0.3) is 0 Å². The van der Waals surface area contributed by atoms with Crippen LogP contribution in [0.15, 0.2) is 46.1 Å². The van der Waals surface area contributed by atoms with E-state index in [2.05, 4.69) is 21.0 Å². The number of nitrogens with one attached hydrogen (secondary N) is 2. The minimum absolute atomic E-state index is 0.0521. The Balaban J connectivity index is 1.86. The van der Waals surface area contributed by atoms with Gasteiger partial charge in [0.15, 0.2) is 10.0 Å². The number of aromatic amines is 1. The zero-order chi connectivity index (χ0) is 27.6. The van der Waals surface area contributed by atoms with Crippen LogP contribution >= 0.6 is 35.3 Å². The summed E-state index contributed by atoms with van der Waals surface area (Å²) in [5.41, 5.74) is -3.08. The van der Waals surface area contributed by atoms with Crippen molar-refractivity contribution in [2.75, 3.05) is 13.2 Å². The number of hydrogen-bond donors (Lipinski definition) is 3. The van der Waals surface area contributed by atoms with Crippen LogP contribution in [-0.4, -0.2) is 55.4 Å². The highest BCUT2D eigenvalue weighted by atomic mass is 79.9. The lowest BCUT2D eigenvalue weighted by Gasteiger charge is -2.29. The van der Waals surface area contributed by atoms with Crippen LogP contribution in [0.1, 0.15) is 27.0 Å². The van der Waals surface area contributed by atoms with Crippen molar-refractivity contribution in [2.24, 2.45) is 0 Å². The van der Waals surface area contributed by atoms with Crippen molar-refractivity contribution < 1.29 is 37.4 Å². The highest BCUT2D eigenvalue weighted by Crippen LogP contribution is 2.51. The molecule has 1 saturated heterocycles. The normalized spacial score (nSPS) is 25.4. The molecule has 1 aliphatic heterocycles. The number of ether oxygens (including phenoxy) is 2. The number of carbonyl (C=O) groups excluding carboxylic acids is 1. The molecule has 204 valence electrons. The molecule has 0 radical (unpaired) electrons. The molecule has 1 aromatic carbocycles. The fourth-order valence-corrected chi connectivity index (χ4v) is 5.93. The first kappa shape index (κ1) is 29.5. The number of carbonyl (C=O) groups is 1. The van der Waals surface area contributed by atoms with Gasteiger partial charge >= 0.3 is 19.4 Å². The number of aromatic nitrogens is 2. The van der Waals surface area contributed by atoms with E-state index in [4.69, 9.17) is 30.1 Å². The molecule has 1 aliphatic rings. The fourth-order valence-electron chi connectivity index (χ4n) is 3.33. The standard InChI is InChI=1S/C21H25BrClFN3O9P/c1-4-33-18(30)20(2,3)26-37(32,36-13-7-5-6-12(24)10-13)34-11-14-16(29)21(22,23)17(35-14)27-9-8-15(28)25-19(27)31/h5-10,14,16-17,29H,4,11H2,1-3H3,(H,26,32)(H,25,28,31)/t14-,16-,17-,21+,37?/m1/s1. The van der Waals surface area contributed by atoms with Gasteiger partial charge in [0.25, 0.3) is 5.56 Å². The summed E-state index contributed by atoms with van der Waals surface area (Å²) < 4.78 is 48.3. The van der Waals surface area contributed by atoms with Gasteiger partial charge in [-0.1, -0.05) is 33.6 Å². The van der Waals surface area contributed by atoms with Crippen LogP contribution in [0.4, 0.5) is 4.39 Å². The van der Waals surface area contributed by atoms with E-state index in [0.717, 1.165) is 29.0 Å². The van der Waals surface area contributed by atoms with E-state index in [-0.39, 0.29) is 12.4 Å². The summed E-state index contributed by atoms with van der Waals surface area (Å²) in [6.07, 6.45) is -3.01. The number of hydrogen-bond acceptors (Lipinski definition) is 9. The number of benzene rings is 1. The van der Waals surface area contributed by atoms with Crippen LogP contribution in [0.3, 0.4) is 0 Å². The summed E-state index contributed by atoms with van der Waals surface area (Å²) in [7, 11) is -4.47. The third-order valence-corrected chi connectivity index (χ3v) is 8.16. The zero-order valence-corrected chi connectivity index (χ0v) is 23.1. The molecule has 0 amide bonds. The van der Waals surface area contributed by atoms with Gasteiger partial charge < -0.3 is 19.1 Å². The van der Waals surface area contributed by atoms with Crippen molar-refractivity contribution in [1.82, 2.24) is 14.6 Å². The third-order valence-electron chi connectivity index (χ3n) is 5.12. The summed E-state index contributed by atoms with van der Waals surface area (Å²) >= 11 is 9.56. The molecule has 12 nitrogen and oxygen atoms in total. The number of esters is 1. The molecule has 1 unspecified atom stereocenters. The Hall–Kier alpha value is -2.06. The van der Waals surface area contributed by atoms with Crippen molar-refractivity contribution in [3.63, 3.8) is 0 Å². The molecule has 0 saturated carbocycles. The molecule has 3 rings (SSSR count). The Bertz CT molecular complexity index is 1300. The molecule has 2 heterocycles. The highest BCUT2D eigenvalue weighted by Gasteiger charge is 2.56. The van der Waals surface area contributed by atoms with Crippen LogP contribution in [0, 0.1) is 5.82 Å². The van der Waals surface area contributed by atoms with Gasteiger partial charge in [-0.15, -0.1) is 0 Å². The van der Waals surface area contributed by atoms with Crippen molar-refractivity contribution >= 4 is 41.2 Å². The quantitative estimate of drug-likeness (QED) is 0.203. The van der Waals surface area contributed by atoms with Crippen molar-refractivity contribution in [3.05, 3.63) is 63.2 Å². The molecule has 3 N–H and O–H groups in total. The van der Waals surface area contributed by atoms with E-state index in [9.17, 15) is 28.4 Å². The molecule has 1 fully saturated rings. The maximum Gasteiger partial charge on any atom is 0.459 e. The first-order valence-electron chi connectivity index (χ1n) is 10.9. The summed E-state index contributed by atoms with van der Waals surface area (Å²) in [6, 6.07) is 5.79. The SMILES string of the molecule is CCOC(=O)C(C)(C)NP(=O)(OC[C@H]1O[C@@H](n2ccc(=O)[nH]c2=O)[C@](Cl)(Br)[C@@H]1O)Oc1cccc(F)c1. The third kappa shape index (κ3) is 6.88. The summed E-state index contributed by atoms with van der Waals surface area (Å²) in [5, 5.41) is 13.2. The van der Waals surface area contributed by atoms with Gasteiger partial charge in [0.1, 0.15) is 29.3 Å². The van der Waals surface area contributed by atoms with Crippen LogP contribution in [-0.2, 0) is 23.4 Å². The molecule has 0 bridgehead atoms. The van der Waals surface area contributed by atoms with Crippen molar-refractivity contribution in [2.45, 2.75) is 48.5 Å². The highest BCUT2D eigenvalue weighted by molar-refractivity contribution is 9.10. The zero-order valence-electron chi connectivity index (χ0n) is 19.9. The van der Waals surface area contributed by atoms with Crippen LogP contribution in [0.2, 0.25) is 0 Å². The first-order valence-corrected chi connectivity index (χ1v) is 13.6. The molecule has 16 heteroatoms. The molecular formula is C21H25BrClFN3O9P. The van der Waals surface area contributed by atoms with Gasteiger partial charge in [0.05, 0.1) is 13.2 Å². The van der Waals surface area contributed by atoms with Gasteiger partial charge in [-0.05, 0) is 32.9 Å². The Morgan fingerprint density at radius 3 is 2.73 bits per heavy atom. The Morgan fingerprint density at radius 1 is 1.41 bits per heavy atom. The van der Waals surface area contributed by atoms with Crippen molar-refractivity contribution in [3.8, 4) is 5.75 Å². The monoisotopic (exact) mass is 627 g/mol. The second kappa shape index (κ2) is 11.4. The van der Waals surface area contributed by atoms with E-state index >= 15 is 0 Å². The predicted octanol–water partition coefficient (Wildman–Crippen LogP) is 2.40.